The number of carbonyl (C=O) groups excluding carboxylic acids is 1. The summed E-state index contributed by atoms with van der Waals surface area (Å²) < 4.78 is 6.84. The zero-order valence-electron chi connectivity index (χ0n) is 26.9. The Morgan fingerprint density at radius 3 is 2.50 bits per heavy atom. The average Bonchev–Trinajstić information content (AvgIpc) is 3.78. The number of carbonyl (C=O) groups is 1. The Kier molecular flexibility index (Phi) is 8.65. The second-order valence-electron chi connectivity index (χ2n) is 12.7. The molecule has 2 N–H and O–H groups in total. The number of likely N-dealkylation sites (N-methyl/N-ethyl adjacent to an activating group) is 1. The van der Waals surface area contributed by atoms with Crippen LogP contribution in [0.5, 0.6) is 5.75 Å². The number of halogens is 1. The third-order valence-electron chi connectivity index (χ3n) is 9.31. The number of imidazole rings is 1. The first-order valence-electron chi connectivity index (χ1n) is 16.1. The fourth-order valence-corrected chi connectivity index (χ4v) is 6.87. The van der Waals surface area contributed by atoms with Gasteiger partial charge in [-0.25, -0.2) is 4.98 Å². The first kappa shape index (κ1) is 31.5. The van der Waals surface area contributed by atoms with Crippen molar-refractivity contribution in [3.8, 4) is 17.9 Å². The number of hydrogen-bond acceptors (Lipinski definition) is 11. The Hall–Kier alpha value is -5.11. The molecule has 0 spiro atoms. The van der Waals surface area contributed by atoms with Crippen LogP contribution < -0.4 is 25.2 Å². The molecule has 1 amide bonds. The highest BCUT2D eigenvalue weighted by molar-refractivity contribution is 6.36. The van der Waals surface area contributed by atoms with Gasteiger partial charge < -0.3 is 30.1 Å². The molecule has 2 saturated heterocycles. The van der Waals surface area contributed by atoms with E-state index >= 15 is 0 Å². The van der Waals surface area contributed by atoms with Crippen LogP contribution in [-0.4, -0.2) is 82.3 Å². The molecule has 4 heterocycles. The van der Waals surface area contributed by atoms with Gasteiger partial charge >= 0.3 is 0 Å². The maximum absolute atomic E-state index is 12.0. The predicted molar refractivity (Wildman–Crippen MR) is 182 cm³/mol. The number of aromatic nitrogens is 4. The lowest BCUT2D eigenvalue weighted by atomic mass is 10.0. The molecule has 14 heteroatoms. The fourth-order valence-electron chi connectivity index (χ4n) is 6.59. The molecule has 1 saturated carbocycles. The van der Waals surface area contributed by atoms with Gasteiger partial charge in [-0.05, 0) is 55.5 Å². The lowest BCUT2D eigenvalue weighted by Gasteiger charge is -2.36. The van der Waals surface area contributed by atoms with Crippen LogP contribution in [0.3, 0.4) is 0 Å². The molecule has 0 radical (unpaired) electrons. The molecule has 13 nitrogen and oxygen atoms in total. The smallest absolute Gasteiger partial charge is 0.247 e. The number of ether oxygens (including phenoxy) is 1. The zero-order chi connectivity index (χ0) is 33.4. The molecular weight excluding hydrogens is 630 g/mol. The number of nitriles is 2. The summed E-state index contributed by atoms with van der Waals surface area (Å²) in [6.07, 6.45) is 5.83. The van der Waals surface area contributed by atoms with Gasteiger partial charge in [0, 0.05) is 57.8 Å². The van der Waals surface area contributed by atoms with Crippen molar-refractivity contribution >= 4 is 46.3 Å². The molecule has 0 bridgehead atoms. The van der Waals surface area contributed by atoms with Crippen molar-refractivity contribution in [3.05, 3.63) is 64.4 Å². The van der Waals surface area contributed by atoms with Crippen molar-refractivity contribution in [2.24, 2.45) is 0 Å². The molecular formula is C34H36ClN11O2. The molecule has 246 valence electrons. The third kappa shape index (κ3) is 6.39. The van der Waals surface area contributed by atoms with Gasteiger partial charge in [0.15, 0.2) is 17.2 Å². The highest BCUT2D eigenvalue weighted by Crippen LogP contribution is 2.39. The lowest BCUT2D eigenvalue weighted by molar-refractivity contribution is -0.126. The van der Waals surface area contributed by atoms with Crippen LogP contribution in [0.2, 0.25) is 5.02 Å². The van der Waals surface area contributed by atoms with Crippen LogP contribution in [0.4, 0.5) is 23.1 Å². The van der Waals surface area contributed by atoms with Crippen LogP contribution in [0.15, 0.2) is 42.6 Å². The Bertz CT molecular complexity index is 1920. The first-order chi connectivity index (χ1) is 23.3. The Balaban J connectivity index is 1.16. The number of nitrogens with zero attached hydrogens (tertiary/aromatic N) is 9. The van der Waals surface area contributed by atoms with Gasteiger partial charge in [-0.3, -0.25) is 4.79 Å². The topological polar surface area (TPSA) is 151 Å². The quantitative estimate of drug-likeness (QED) is 0.250. The molecule has 3 aliphatic rings. The van der Waals surface area contributed by atoms with Crippen molar-refractivity contribution < 1.29 is 9.53 Å². The van der Waals surface area contributed by atoms with Gasteiger partial charge in [-0.15, -0.1) is 5.10 Å². The monoisotopic (exact) mass is 665 g/mol. The molecule has 2 aliphatic heterocycles. The van der Waals surface area contributed by atoms with Crippen molar-refractivity contribution in [1.29, 1.82) is 10.5 Å². The minimum Gasteiger partial charge on any atom is -0.497 e. The Morgan fingerprint density at radius 1 is 1.08 bits per heavy atom. The van der Waals surface area contributed by atoms with Gasteiger partial charge in [-0.1, -0.05) is 23.7 Å². The summed E-state index contributed by atoms with van der Waals surface area (Å²) >= 11 is 7.06. The Morgan fingerprint density at radius 2 is 1.85 bits per heavy atom. The number of piperidine rings is 1. The van der Waals surface area contributed by atoms with Crippen molar-refractivity contribution in [3.63, 3.8) is 0 Å². The maximum atomic E-state index is 12.0. The minimum atomic E-state index is 0.173. The number of anilines is 4. The first-order valence-corrected chi connectivity index (χ1v) is 16.5. The normalized spacial score (nSPS) is 18.2. The van der Waals surface area contributed by atoms with Crippen LogP contribution in [0.25, 0.3) is 5.65 Å². The zero-order valence-corrected chi connectivity index (χ0v) is 27.6. The van der Waals surface area contributed by atoms with Crippen LogP contribution in [-0.2, 0) is 11.3 Å². The van der Waals surface area contributed by atoms with Crippen molar-refractivity contribution in [2.45, 2.75) is 56.8 Å². The summed E-state index contributed by atoms with van der Waals surface area (Å²) in [5, 5.41) is 31.8. The second kappa shape index (κ2) is 13.2. The average molecular weight is 666 g/mol. The van der Waals surface area contributed by atoms with Gasteiger partial charge in [0.25, 0.3) is 0 Å². The van der Waals surface area contributed by atoms with Gasteiger partial charge in [-0.2, -0.15) is 20.0 Å². The van der Waals surface area contributed by atoms with E-state index in [9.17, 15) is 15.3 Å². The number of benzene rings is 2. The molecule has 48 heavy (non-hydrogen) atoms. The van der Waals surface area contributed by atoms with E-state index in [0.717, 1.165) is 62.3 Å². The largest absolute Gasteiger partial charge is 0.497 e. The van der Waals surface area contributed by atoms with E-state index in [0.29, 0.717) is 46.7 Å². The molecule has 1 atom stereocenters. The second-order valence-corrected chi connectivity index (χ2v) is 13.0. The van der Waals surface area contributed by atoms with Crippen molar-refractivity contribution in [2.75, 3.05) is 48.9 Å². The van der Waals surface area contributed by atoms with E-state index < -0.39 is 0 Å². The number of likely N-dealkylation sites (tertiary alicyclic amines) is 1. The van der Waals surface area contributed by atoms with Crippen LogP contribution >= 0.6 is 11.6 Å². The molecule has 2 aromatic carbocycles. The van der Waals surface area contributed by atoms with Crippen LogP contribution in [0.1, 0.15) is 48.9 Å². The number of hydrogen-bond donors (Lipinski definition) is 2. The number of fused-ring (bicyclic) bond motifs is 1. The van der Waals surface area contributed by atoms with Gasteiger partial charge in [0.05, 0.1) is 41.3 Å². The summed E-state index contributed by atoms with van der Waals surface area (Å²) in [5.74, 6) is 1.79. The number of amides is 1. The highest BCUT2D eigenvalue weighted by Gasteiger charge is 2.33. The molecule has 3 fully saturated rings. The summed E-state index contributed by atoms with van der Waals surface area (Å²) in [4.78, 5) is 27.6. The lowest BCUT2D eigenvalue weighted by Crippen LogP contribution is -2.47. The molecule has 7 rings (SSSR count). The number of nitrogens with one attached hydrogen (secondary N) is 2. The molecule has 1 unspecified atom stereocenters. The van der Waals surface area contributed by atoms with E-state index in [2.05, 4.69) is 42.7 Å². The van der Waals surface area contributed by atoms with E-state index in [1.165, 1.54) is 10.7 Å². The number of methoxy groups -OCH3 is 1. The van der Waals surface area contributed by atoms with Crippen molar-refractivity contribution in [1.82, 2.24) is 29.8 Å². The summed E-state index contributed by atoms with van der Waals surface area (Å²) in [5.41, 5.74) is 3.55. The van der Waals surface area contributed by atoms with E-state index in [1.54, 1.807) is 18.1 Å². The van der Waals surface area contributed by atoms with E-state index in [4.69, 9.17) is 21.3 Å². The summed E-state index contributed by atoms with van der Waals surface area (Å²) in [6.45, 7) is 2.81. The minimum absolute atomic E-state index is 0.173. The maximum Gasteiger partial charge on any atom is 0.247 e. The highest BCUT2D eigenvalue weighted by atomic mass is 35.5. The standard InChI is InChI=1S/C34H36ClN11O2/c1-43-20-24(15-30(43)47)39-23-9-11-44(12-10-23)29-14-22(16-36)13-28(31(29)35)40-34-41-33(32-38-18-26(17-37)46(32)42-34)45(25-5-6-25)19-21-3-7-27(48-2)8-4-21/h3-4,7-8,13-14,18,23-25,39H,5-6,9-12,15,19-20H2,1-2H3,(H,40,42). The molecule has 2 aromatic heterocycles. The van der Waals surface area contributed by atoms with Crippen LogP contribution in [0, 0.1) is 22.7 Å². The summed E-state index contributed by atoms with van der Waals surface area (Å²) in [7, 11) is 3.49. The predicted octanol–water partition coefficient (Wildman–Crippen LogP) is 4.23. The number of rotatable bonds is 10. The fraction of sp³-hybridized carbons (Fsp3) is 0.412. The van der Waals surface area contributed by atoms with E-state index in [1.807, 2.05) is 37.4 Å². The molecule has 1 aliphatic carbocycles. The SMILES string of the molecule is COc1ccc(CN(c2nc(Nc3cc(C#N)cc(N4CCC(NC5CC(=O)N(C)C5)CC4)c3Cl)nn3c(C#N)cnc23)C2CC2)cc1. The van der Waals surface area contributed by atoms with Gasteiger partial charge in [0.1, 0.15) is 11.8 Å². The summed E-state index contributed by atoms with van der Waals surface area (Å²) in [6, 6.07) is 16.6. The van der Waals surface area contributed by atoms with E-state index in [-0.39, 0.29) is 29.6 Å². The Labute approximate surface area is 283 Å². The molecule has 4 aromatic rings. The third-order valence-corrected chi connectivity index (χ3v) is 9.70. The van der Waals surface area contributed by atoms with Gasteiger partial charge in [0.2, 0.25) is 11.9 Å².